The molecule has 1 aliphatic carbocycles. The van der Waals surface area contributed by atoms with Gasteiger partial charge in [-0.2, -0.15) is 0 Å². The zero-order chi connectivity index (χ0) is 12.3. The molecule has 1 aliphatic rings. The monoisotopic (exact) mass is 234 g/mol. The van der Waals surface area contributed by atoms with E-state index in [1.165, 1.54) is 5.56 Å². The molecule has 3 heteroatoms. The molecule has 0 aliphatic heterocycles. The number of anilines is 2. The molecule has 4 N–H and O–H groups in total. The molecule has 1 aromatic carbocycles. The minimum absolute atomic E-state index is 0.0686. The highest BCUT2D eigenvalue weighted by molar-refractivity contribution is 5.56. The van der Waals surface area contributed by atoms with Crippen LogP contribution in [-0.4, -0.2) is 17.8 Å². The summed E-state index contributed by atoms with van der Waals surface area (Å²) < 4.78 is 0. The largest absolute Gasteiger partial charge is 0.399 e. The van der Waals surface area contributed by atoms with E-state index in [-0.39, 0.29) is 6.10 Å². The van der Waals surface area contributed by atoms with Crippen molar-refractivity contribution in [3.05, 3.63) is 23.8 Å². The maximum Gasteiger partial charge on any atom is 0.0540 e. The average molecular weight is 234 g/mol. The molecule has 0 spiro atoms. The molecule has 0 unspecified atom stereocenters. The third kappa shape index (κ3) is 3.63. The number of nitrogens with one attached hydrogen (secondary N) is 1. The average Bonchev–Trinajstić information content (AvgIpc) is 2.27. The topological polar surface area (TPSA) is 58.3 Å². The van der Waals surface area contributed by atoms with Crippen LogP contribution in [0.5, 0.6) is 0 Å². The second kappa shape index (κ2) is 5.41. The molecule has 2 rings (SSSR count). The third-order valence-electron chi connectivity index (χ3n) is 3.51. The van der Waals surface area contributed by atoms with E-state index in [1.807, 2.05) is 12.1 Å². The molecule has 3 nitrogen and oxygen atoms in total. The summed E-state index contributed by atoms with van der Waals surface area (Å²) in [5.74, 6) is 0.681. The van der Waals surface area contributed by atoms with Crippen molar-refractivity contribution in [2.45, 2.75) is 38.7 Å². The zero-order valence-electron chi connectivity index (χ0n) is 10.4. The van der Waals surface area contributed by atoms with Gasteiger partial charge in [0.25, 0.3) is 0 Å². The number of aryl methyl sites for hydroxylation is 1. The Hall–Kier alpha value is -1.22. The molecule has 0 radical (unpaired) electrons. The molecule has 0 bridgehead atoms. The number of aliphatic hydroxyl groups excluding tert-OH is 1. The Morgan fingerprint density at radius 1 is 1.24 bits per heavy atom. The van der Waals surface area contributed by atoms with Crippen molar-refractivity contribution in [1.29, 1.82) is 0 Å². The molecular formula is C14H22N2O. The van der Waals surface area contributed by atoms with Crippen molar-refractivity contribution in [2.24, 2.45) is 5.92 Å². The van der Waals surface area contributed by atoms with Crippen molar-refractivity contribution in [3.63, 3.8) is 0 Å². The molecule has 0 amide bonds. The van der Waals surface area contributed by atoms with Crippen molar-refractivity contribution in [1.82, 2.24) is 0 Å². The highest BCUT2D eigenvalue weighted by Crippen LogP contribution is 2.25. The van der Waals surface area contributed by atoms with Crippen molar-refractivity contribution < 1.29 is 5.11 Å². The fourth-order valence-corrected chi connectivity index (χ4v) is 2.53. The summed E-state index contributed by atoms with van der Waals surface area (Å²) in [4.78, 5) is 0. The second-order valence-electron chi connectivity index (χ2n) is 5.19. The van der Waals surface area contributed by atoms with Crippen LogP contribution >= 0.6 is 0 Å². The van der Waals surface area contributed by atoms with Crippen LogP contribution in [0.1, 0.15) is 31.2 Å². The maximum atomic E-state index is 9.45. The predicted octanol–water partition coefficient (Wildman–Crippen LogP) is 2.54. The van der Waals surface area contributed by atoms with Gasteiger partial charge in [0, 0.05) is 17.9 Å². The number of hydrogen-bond donors (Lipinski definition) is 3. The number of nitrogen functional groups attached to an aromatic ring is 1. The summed E-state index contributed by atoms with van der Waals surface area (Å²) in [5, 5.41) is 12.9. The Labute approximate surface area is 103 Å². The number of nitrogens with two attached hydrogens (primary N) is 1. The minimum atomic E-state index is -0.0686. The SMILES string of the molecule is Cc1cc(N)cc(NCC2CCC(O)CC2)c1. The van der Waals surface area contributed by atoms with Crippen LogP contribution in [0.4, 0.5) is 11.4 Å². The van der Waals surface area contributed by atoms with Gasteiger partial charge < -0.3 is 16.2 Å². The minimum Gasteiger partial charge on any atom is -0.399 e. The van der Waals surface area contributed by atoms with E-state index >= 15 is 0 Å². The molecule has 94 valence electrons. The molecule has 1 fully saturated rings. The number of rotatable bonds is 3. The lowest BCUT2D eigenvalue weighted by molar-refractivity contribution is 0.111. The maximum absolute atomic E-state index is 9.45. The number of aliphatic hydroxyl groups is 1. The van der Waals surface area contributed by atoms with Crippen LogP contribution < -0.4 is 11.1 Å². The highest BCUT2D eigenvalue weighted by Gasteiger charge is 2.18. The molecule has 1 saturated carbocycles. The van der Waals surface area contributed by atoms with Gasteiger partial charge in [-0.05, 0) is 62.3 Å². The summed E-state index contributed by atoms with van der Waals surface area (Å²) in [7, 11) is 0. The predicted molar refractivity (Wildman–Crippen MR) is 72.0 cm³/mol. The number of hydrogen-bond acceptors (Lipinski definition) is 3. The summed E-state index contributed by atoms with van der Waals surface area (Å²) in [6, 6.07) is 6.07. The molecule has 0 heterocycles. The molecule has 1 aromatic rings. The van der Waals surface area contributed by atoms with Crippen LogP contribution in [-0.2, 0) is 0 Å². The first-order chi connectivity index (χ1) is 8.13. The first-order valence-electron chi connectivity index (χ1n) is 6.42. The van der Waals surface area contributed by atoms with E-state index in [2.05, 4.69) is 18.3 Å². The summed E-state index contributed by atoms with van der Waals surface area (Å²) in [5.41, 5.74) is 8.92. The molecule has 0 aromatic heterocycles. The van der Waals surface area contributed by atoms with Gasteiger partial charge in [-0.15, -0.1) is 0 Å². The van der Waals surface area contributed by atoms with Gasteiger partial charge in [-0.1, -0.05) is 0 Å². The van der Waals surface area contributed by atoms with Crippen LogP contribution in [0, 0.1) is 12.8 Å². The second-order valence-corrected chi connectivity index (χ2v) is 5.19. The Kier molecular flexibility index (Phi) is 3.89. The van der Waals surface area contributed by atoms with Crippen molar-refractivity contribution in [3.8, 4) is 0 Å². The van der Waals surface area contributed by atoms with Gasteiger partial charge in [0.05, 0.1) is 6.10 Å². The van der Waals surface area contributed by atoms with Crippen molar-refractivity contribution in [2.75, 3.05) is 17.6 Å². The quantitative estimate of drug-likeness (QED) is 0.704. The van der Waals surface area contributed by atoms with Crippen LogP contribution in [0.3, 0.4) is 0 Å². The smallest absolute Gasteiger partial charge is 0.0540 e. The standard InChI is InChI=1S/C14H22N2O/c1-10-6-12(15)8-13(7-10)16-9-11-2-4-14(17)5-3-11/h6-8,11,14,16-17H,2-5,9,15H2,1H3. The van der Waals surface area contributed by atoms with Crippen LogP contribution in [0.25, 0.3) is 0 Å². The van der Waals surface area contributed by atoms with Gasteiger partial charge in [0.1, 0.15) is 0 Å². The lowest BCUT2D eigenvalue weighted by Gasteiger charge is -2.25. The Morgan fingerprint density at radius 2 is 1.94 bits per heavy atom. The first kappa shape index (κ1) is 12.2. The summed E-state index contributed by atoms with van der Waals surface area (Å²) in [6.07, 6.45) is 4.07. The molecular weight excluding hydrogens is 212 g/mol. The zero-order valence-corrected chi connectivity index (χ0v) is 10.4. The lowest BCUT2D eigenvalue weighted by Crippen LogP contribution is -2.23. The van der Waals surface area contributed by atoms with E-state index in [9.17, 15) is 5.11 Å². The fraction of sp³-hybridized carbons (Fsp3) is 0.571. The highest BCUT2D eigenvalue weighted by atomic mass is 16.3. The summed E-state index contributed by atoms with van der Waals surface area (Å²) in [6.45, 7) is 3.04. The Balaban J connectivity index is 1.85. The fourth-order valence-electron chi connectivity index (χ4n) is 2.53. The molecule has 0 atom stereocenters. The Morgan fingerprint density at radius 3 is 2.59 bits per heavy atom. The summed E-state index contributed by atoms with van der Waals surface area (Å²) >= 11 is 0. The van der Waals surface area contributed by atoms with Gasteiger partial charge in [0.2, 0.25) is 0 Å². The van der Waals surface area contributed by atoms with E-state index in [0.717, 1.165) is 43.6 Å². The Bertz CT molecular complexity index is 350. The van der Waals surface area contributed by atoms with Crippen LogP contribution in [0.15, 0.2) is 18.2 Å². The third-order valence-corrected chi connectivity index (χ3v) is 3.51. The van der Waals surface area contributed by atoms with Gasteiger partial charge >= 0.3 is 0 Å². The van der Waals surface area contributed by atoms with E-state index in [0.29, 0.717) is 5.92 Å². The molecule has 17 heavy (non-hydrogen) atoms. The van der Waals surface area contributed by atoms with Gasteiger partial charge in [-0.3, -0.25) is 0 Å². The lowest BCUT2D eigenvalue weighted by atomic mass is 9.87. The first-order valence-corrected chi connectivity index (χ1v) is 6.42. The van der Waals surface area contributed by atoms with Crippen molar-refractivity contribution >= 4 is 11.4 Å². The van der Waals surface area contributed by atoms with E-state index in [1.54, 1.807) is 0 Å². The van der Waals surface area contributed by atoms with Crippen LogP contribution in [0.2, 0.25) is 0 Å². The normalized spacial score (nSPS) is 24.6. The molecule has 0 saturated heterocycles. The van der Waals surface area contributed by atoms with E-state index in [4.69, 9.17) is 5.73 Å². The van der Waals surface area contributed by atoms with E-state index < -0.39 is 0 Å². The van der Waals surface area contributed by atoms with Gasteiger partial charge in [-0.25, -0.2) is 0 Å². The van der Waals surface area contributed by atoms with Gasteiger partial charge in [0.15, 0.2) is 0 Å². The number of benzene rings is 1.